The first-order valence-corrected chi connectivity index (χ1v) is 8.57. The van der Waals surface area contributed by atoms with E-state index in [0.29, 0.717) is 11.1 Å². The van der Waals surface area contributed by atoms with Gasteiger partial charge in [-0.1, -0.05) is 29.3 Å². The number of aromatic nitrogens is 1. The van der Waals surface area contributed by atoms with Crippen LogP contribution in [0.15, 0.2) is 35.3 Å². The molecule has 1 aromatic carbocycles. The number of benzene rings is 1. The summed E-state index contributed by atoms with van der Waals surface area (Å²) in [6, 6.07) is 6.66. The number of carboxylic acid groups (broad SMARTS) is 1. The van der Waals surface area contributed by atoms with E-state index < -0.39 is 30.5 Å². The zero-order valence-electron chi connectivity index (χ0n) is 13.9. The van der Waals surface area contributed by atoms with Crippen molar-refractivity contribution < 1.29 is 23.1 Å². The van der Waals surface area contributed by atoms with Gasteiger partial charge in [-0.15, -0.1) is 0 Å². The van der Waals surface area contributed by atoms with Crippen LogP contribution in [-0.4, -0.2) is 34.5 Å². The second-order valence-corrected chi connectivity index (χ2v) is 7.13. The van der Waals surface area contributed by atoms with E-state index in [1.165, 1.54) is 18.2 Å². The Hall–Kier alpha value is -2.12. The van der Waals surface area contributed by atoms with Gasteiger partial charge in [0, 0.05) is 12.1 Å². The number of carbonyl (C=O) groups is 1. The number of hydrogen-bond acceptors (Lipinski definition) is 3. The Morgan fingerprint density at radius 2 is 1.81 bits per heavy atom. The molecule has 4 nitrogen and oxygen atoms in total. The largest absolute Gasteiger partial charge is 0.478 e. The van der Waals surface area contributed by atoms with E-state index in [-0.39, 0.29) is 27.1 Å². The van der Waals surface area contributed by atoms with Crippen molar-refractivity contribution in [1.82, 2.24) is 4.98 Å². The molecule has 1 aliphatic heterocycles. The molecule has 142 valence electrons. The Balaban J connectivity index is 2.02. The lowest BCUT2D eigenvalue weighted by atomic mass is 9.77. The van der Waals surface area contributed by atoms with Gasteiger partial charge in [0.2, 0.25) is 0 Å². The highest BCUT2D eigenvalue weighted by atomic mass is 35.5. The van der Waals surface area contributed by atoms with Crippen LogP contribution < -0.4 is 0 Å². The fraction of sp³-hybridized carbons (Fsp3) is 0.278. The molecule has 9 heteroatoms. The zero-order valence-corrected chi connectivity index (χ0v) is 15.5. The first kappa shape index (κ1) is 19.6. The monoisotopic (exact) mass is 416 g/mol. The molecular weight excluding hydrogens is 404 g/mol. The molecule has 2 aromatic rings. The summed E-state index contributed by atoms with van der Waals surface area (Å²) >= 11 is 11.6. The fourth-order valence-corrected chi connectivity index (χ4v) is 3.65. The number of aromatic carboxylic acids is 1. The van der Waals surface area contributed by atoms with Gasteiger partial charge in [0.15, 0.2) is 0 Å². The number of halogens is 5. The van der Waals surface area contributed by atoms with Gasteiger partial charge in [-0.3, -0.25) is 4.99 Å². The van der Waals surface area contributed by atoms with Crippen LogP contribution >= 0.6 is 23.2 Å². The number of rotatable bonds is 3. The van der Waals surface area contributed by atoms with E-state index in [1.807, 2.05) is 0 Å². The SMILES string of the molecule is Cc1cc(C2=NCC(c3cc(Cl)nc(Cl)c3)(C(F)(F)F)C2)ccc1C(=O)O. The van der Waals surface area contributed by atoms with Crippen LogP contribution in [0.4, 0.5) is 13.2 Å². The van der Waals surface area contributed by atoms with Gasteiger partial charge in [-0.25, -0.2) is 9.78 Å². The number of nitrogens with zero attached hydrogens (tertiary/aromatic N) is 2. The van der Waals surface area contributed by atoms with Gasteiger partial charge in [-0.05, 0) is 47.9 Å². The van der Waals surface area contributed by atoms with Crippen LogP contribution in [0.2, 0.25) is 10.3 Å². The Kier molecular flexibility index (Phi) is 4.94. The van der Waals surface area contributed by atoms with E-state index in [9.17, 15) is 18.0 Å². The molecule has 0 spiro atoms. The van der Waals surface area contributed by atoms with E-state index in [1.54, 1.807) is 6.92 Å². The second-order valence-electron chi connectivity index (χ2n) is 6.36. The smallest absolute Gasteiger partial charge is 0.400 e. The number of aliphatic imine (C=N–C) groups is 1. The molecule has 1 unspecified atom stereocenters. The quantitative estimate of drug-likeness (QED) is 0.708. The topological polar surface area (TPSA) is 62.5 Å². The Bertz CT molecular complexity index is 940. The van der Waals surface area contributed by atoms with Gasteiger partial charge < -0.3 is 5.11 Å². The van der Waals surface area contributed by atoms with Gasteiger partial charge >= 0.3 is 12.1 Å². The minimum Gasteiger partial charge on any atom is -0.478 e. The van der Waals surface area contributed by atoms with Crippen molar-refractivity contribution in [3.63, 3.8) is 0 Å². The Morgan fingerprint density at radius 1 is 1.19 bits per heavy atom. The molecule has 3 rings (SSSR count). The lowest BCUT2D eigenvalue weighted by Gasteiger charge is -2.31. The van der Waals surface area contributed by atoms with E-state index in [4.69, 9.17) is 28.3 Å². The summed E-state index contributed by atoms with van der Waals surface area (Å²) in [5, 5.41) is 8.85. The molecular formula is C18H13Cl2F3N2O2. The molecule has 1 atom stereocenters. The summed E-state index contributed by atoms with van der Waals surface area (Å²) in [6.45, 7) is 1.07. The molecule has 0 aliphatic carbocycles. The zero-order chi connectivity index (χ0) is 20.0. The summed E-state index contributed by atoms with van der Waals surface area (Å²) in [6.07, 6.45) is -5.00. The van der Waals surface area contributed by atoms with E-state index in [0.717, 1.165) is 12.1 Å². The number of aryl methyl sites for hydroxylation is 1. The summed E-state index contributed by atoms with van der Waals surface area (Å²) in [5.41, 5.74) is -1.13. The fourth-order valence-electron chi connectivity index (χ4n) is 3.19. The van der Waals surface area contributed by atoms with Crippen LogP contribution in [0.5, 0.6) is 0 Å². The normalized spacial score (nSPS) is 19.9. The standard InChI is InChI=1S/C18H13Cl2F3N2O2/c1-9-4-10(2-3-12(9)16(26)27)13-7-17(8-24-13,18(21,22)23)11-5-14(19)25-15(20)6-11/h2-6H,7-8H2,1H3,(H,26,27). The minimum absolute atomic E-state index is 0.0899. The molecule has 27 heavy (non-hydrogen) atoms. The third-order valence-corrected chi connectivity index (χ3v) is 5.04. The average Bonchev–Trinajstić information content (AvgIpc) is 3.00. The number of alkyl halides is 3. The van der Waals surface area contributed by atoms with Crippen LogP contribution in [-0.2, 0) is 5.41 Å². The molecule has 0 fully saturated rings. The highest BCUT2D eigenvalue weighted by molar-refractivity contribution is 6.32. The van der Waals surface area contributed by atoms with Gasteiger partial charge in [-0.2, -0.15) is 13.2 Å². The maximum atomic E-state index is 14.0. The number of carboxylic acids is 1. The molecule has 1 N–H and O–H groups in total. The van der Waals surface area contributed by atoms with Crippen LogP contribution in [0.3, 0.4) is 0 Å². The maximum absolute atomic E-state index is 14.0. The van der Waals surface area contributed by atoms with Crippen molar-refractivity contribution in [1.29, 1.82) is 0 Å². The first-order chi connectivity index (χ1) is 12.5. The molecule has 0 bridgehead atoms. The van der Waals surface area contributed by atoms with Crippen LogP contribution in [0.1, 0.15) is 33.5 Å². The second kappa shape index (κ2) is 6.80. The van der Waals surface area contributed by atoms with Crippen molar-refractivity contribution >= 4 is 34.9 Å². The predicted molar refractivity (Wildman–Crippen MR) is 96.1 cm³/mol. The summed E-state index contributed by atoms with van der Waals surface area (Å²) in [5.74, 6) is -1.10. The van der Waals surface area contributed by atoms with Crippen molar-refractivity contribution in [2.45, 2.75) is 24.9 Å². The lowest BCUT2D eigenvalue weighted by molar-refractivity contribution is -0.183. The highest BCUT2D eigenvalue weighted by Gasteiger charge is 2.58. The minimum atomic E-state index is -4.59. The molecule has 0 radical (unpaired) electrons. The molecule has 1 aromatic heterocycles. The van der Waals surface area contributed by atoms with E-state index >= 15 is 0 Å². The Labute approximate surface area is 162 Å². The maximum Gasteiger partial charge on any atom is 0.400 e. The van der Waals surface area contributed by atoms with Crippen molar-refractivity contribution in [3.05, 3.63) is 62.9 Å². The van der Waals surface area contributed by atoms with E-state index in [2.05, 4.69) is 9.98 Å². The summed E-state index contributed by atoms with van der Waals surface area (Å²) in [4.78, 5) is 19.0. The number of pyridine rings is 1. The molecule has 1 aliphatic rings. The van der Waals surface area contributed by atoms with Crippen LogP contribution in [0.25, 0.3) is 0 Å². The van der Waals surface area contributed by atoms with Crippen LogP contribution in [0, 0.1) is 6.92 Å². The molecule has 0 saturated carbocycles. The number of hydrogen-bond donors (Lipinski definition) is 1. The Morgan fingerprint density at radius 3 is 2.33 bits per heavy atom. The van der Waals surface area contributed by atoms with Gasteiger partial charge in [0.05, 0.1) is 12.1 Å². The average molecular weight is 417 g/mol. The highest BCUT2D eigenvalue weighted by Crippen LogP contribution is 2.48. The van der Waals surface area contributed by atoms with Crippen molar-refractivity contribution in [2.75, 3.05) is 6.54 Å². The molecule has 0 saturated heterocycles. The third-order valence-electron chi connectivity index (χ3n) is 4.66. The van der Waals surface area contributed by atoms with Gasteiger partial charge in [0.25, 0.3) is 0 Å². The van der Waals surface area contributed by atoms with Crippen molar-refractivity contribution in [2.24, 2.45) is 4.99 Å². The van der Waals surface area contributed by atoms with Gasteiger partial charge in [0.1, 0.15) is 15.7 Å². The summed E-state index contributed by atoms with van der Waals surface area (Å²) in [7, 11) is 0. The predicted octanol–water partition coefficient (Wildman–Crippen LogP) is 5.09. The third kappa shape index (κ3) is 3.53. The summed E-state index contributed by atoms with van der Waals surface area (Å²) < 4.78 is 42.1. The lowest BCUT2D eigenvalue weighted by Crippen LogP contribution is -2.43. The van der Waals surface area contributed by atoms with Crippen molar-refractivity contribution in [3.8, 4) is 0 Å². The molecule has 0 amide bonds. The molecule has 2 heterocycles. The first-order valence-electron chi connectivity index (χ1n) is 7.81.